The van der Waals surface area contributed by atoms with Crippen LogP contribution in [0.25, 0.3) is 0 Å². The van der Waals surface area contributed by atoms with Crippen molar-refractivity contribution in [2.75, 3.05) is 27.2 Å². The Morgan fingerprint density at radius 2 is 2.12 bits per heavy atom. The minimum Gasteiger partial charge on any atom is -0.480 e. The van der Waals surface area contributed by atoms with Crippen LogP contribution in [-0.2, 0) is 4.79 Å². The van der Waals surface area contributed by atoms with E-state index in [1.165, 1.54) is 0 Å². The van der Waals surface area contributed by atoms with Crippen molar-refractivity contribution < 1.29 is 14.7 Å². The van der Waals surface area contributed by atoms with E-state index in [1.54, 1.807) is 0 Å². The van der Waals surface area contributed by atoms with E-state index in [9.17, 15) is 9.59 Å². The van der Waals surface area contributed by atoms with Gasteiger partial charge in [0.2, 0.25) is 0 Å². The Morgan fingerprint density at radius 3 is 2.59 bits per heavy atom. The summed E-state index contributed by atoms with van der Waals surface area (Å²) in [7, 11) is 3.88. The predicted octanol–water partition coefficient (Wildman–Crippen LogP) is -0.286. The van der Waals surface area contributed by atoms with Crippen molar-refractivity contribution in [2.24, 2.45) is 0 Å². The fraction of sp³-hybridized carbons (Fsp3) is 0.636. The van der Waals surface area contributed by atoms with Gasteiger partial charge in [-0.15, -0.1) is 12.3 Å². The average Bonchev–Trinajstić information content (AvgIpc) is 2.23. The molecule has 0 aliphatic heterocycles. The van der Waals surface area contributed by atoms with Gasteiger partial charge in [-0.25, -0.2) is 9.59 Å². The van der Waals surface area contributed by atoms with Gasteiger partial charge in [-0.2, -0.15) is 0 Å². The molecule has 17 heavy (non-hydrogen) atoms. The molecule has 6 nitrogen and oxygen atoms in total. The van der Waals surface area contributed by atoms with E-state index in [2.05, 4.69) is 16.6 Å². The summed E-state index contributed by atoms with van der Waals surface area (Å²) in [4.78, 5) is 24.0. The Hall–Kier alpha value is -1.74. The molecule has 0 aliphatic carbocycles. The molecule has 0 aromatic heterocycles. The number of amides is 2. The van der Waals surface area contributed by atoms with Crippen LogP contribution in [0.4, 0.5) is 4.79 Å². The van der Waals surface area contributed by atoms with Crippen molar-refractivity contribution in [3.63, 3.8) is 0 Å². The van der Waals surface area contributed by atoms with Crippen LogP contribution in [0.2, 0.25) is 0 Å². The number of terminal acetylenes is 1. The summed E-state index contributed by atoms with van der Waals surface area (Å²) in [6.45, 7) is 1.35. The van der Waals surface area contributed by atoms with Gasteiger partial charge in [-0.05, 0) is 27.1 Å². The summed E-state index contributed by atoms with van der Waals surface area (Å²) in [5.41, 5.74) is 0. The third kappa shape index (κ3) is 8.11. The van der Waals surface area contributed by atoms with Gasteiger partial charge in [0.05, 0.1) is 0 Å². The van der Waals surface area contributed by atoms with E-state index < -0.39 is 18.0 Å². The van der Waals surface area contributed by atoms with E-state index in [0.717, 1.165) is 13.0 Å². The van der Waals surface area contributed by atoms with Crippen LogP contribution in [-0.4, -0.2) is 55.2 Å². The topological polar surface area (TPSA) is 81.7 Å². The Balaban J connectivity index is 3.83. The van der Waals surface area contributed by atoms with E-state index in [0.29, 0.717) is 6.54 Å². The third-order valence-corrected chi connectivity index (χ3v) is 1.99. The zero-order valence-electron chi connectivity index (χ0n) is 10.2. The highest BCUT2D eigenvalue weighted by molar-refractivity contribution is 5.82. The standard InChI is InChI=1S/C11H19N3O3/c1-4-6-9(10(15)16)13-11(17)12-7-5-8-14(2)3/h1,9H,5-8H2,2-3H3,(H,15,16)(H2,12,13,17). The Morgan fingerprint density at radius 1 is 1.47 bits per heavy atom. The first-order valence-corrected chi connectivity index (χ1v) is 5.32. The number of carbonyl (C=O) groups excluding carboxylic acids is 1. The second-order valence-corrected chi connectivity index (χ2v) is 3.86. The fourth-order valence-electron chi connectivity index (χ4n) is 1.12. The molecular formula is C11H19N3O3. The van der Waals surface area contributed by atoms with Gasteiger partial charge in [0.25, 0.3) is 0 Å². The average molecular weight is 241 g/mol. The van der Waals surface area contributed by atoms with Crippen molar-refractivity contribution in [2.45, 2.75) is 18.9 Å². The van der Waals surface area contributed by atoms with Crippen LogP contribution in [0.5, 0.6) is 0 Å². The monoisotopic (exact) mass is 241 g/mol. The maximum absolute atomic E-state index is 11.3. The lowest BCUT2D eigenvalue weighted by Gasteiger charge is -2.13. The van der Waals surface area contributed by atoms with Crippen molar-refractivity contribution in [1.29, 1.82) is 0 Å². The first-order valence-electron chi connectivity index (χ1n) is 5.32. The van der Waals surface area contributed by atoms with Crippen LogP contribution in [0.15, 0.2) is 0 Å². The van der Waals surface area contributed by atoms with Gasteiger partial charge in [0.1, 0.15) is 6.04 Å². The highest BCUT2D eigenvalue weighted by Gasteiger charge is 2.17. The molecule has 0 saturated carbocycles. The second-order valence-electron chi connectivity index (χ2n) is 3.86. The molecule has 1 atom stereocenters. The number of urea groups is 1. The van der Waals surface area contributed by atoms with Crippen LogP contribution >= 0.6 is 0 Å². The largest absolute Gasteiger partial charge is 0.480 e. The van der Waals surface area contributed by atoms with Crippen molar-refractivity contribution in [1.82, 2.24) is 15.5 Å². The van der Waals surface area contributed by atoms with Crippen LogP contribution in [0.3, 0.4) is 0 Å². The molecule has 2 amide bonds. The molecule has 6 heteroatoms. The van der Waals surface area contributed by atoms with Crippen LogP contribution in [0.1, 0.15) is 12.8 Å². The molecule has 0 heterocycles. The summed E-state index contributed by atoms with van der Waals surface area (Å²) < 4.78 is 0. The first-order chi connectivity index (χ1) is 7.97. The van der Waals surface area contributed by atoms with Crippen molar-refractivity contribution in [3.8, 4) is 12.3 Å². The Kier molecular flexibility index (Phi) is 7.55. The molecule has 0 fully saturated rings. The number of carboxylic acid groups (broad SMARTS) is 1. The van der Waals surface area contributed by atoms with Crippen molar-refractivity contribution in [3.05, 3.63) is 0 Å². The normalized spacial score (nSPS) is 11.6. The molecule has 96 valence electrons. The minimum absolute atomic E-state index is 0.0273. The predicted molar refractivity (Wildman–Crippen MR) is 64.6 cm³/mol. The van der Waals surface area contributed by atoms with Crippen LogP contribution in [0, 0.1) is 12.3 Å². The quantitative estimate of drug-likeness (QED) is 0.423. The number of nitrogens with one attached hydrogen (secondary N) is 2. The molecule has 0 aliphatic rings. The lowest BCUT2D eigenvalue weighted by atomic mass is 10.2. The summed E-state index contributed by atoms with van der Waals surface area (Å²) in [5, 5.41) is 13.6. The maximum Gasteiger partial charge on any atom is 0.327 e. The molecule has 0 spiro atoms. The van der Waals surface area contributed by atoms with E-state index in [-0.39, 0.29) is 6.42 Å². The molecular weight excluding hydrogens is 222 g/mol. The molecule has 0 radical (unpaired) electrons. The van der Waals surface area contributed by atoms with Gasteiger partial charge in [-0.1, -0.05) is 0 Å². The number of carboxylic acids is 1. The number of hydrogen-bond donors (Lipinski definition) is 3. The summed E-state index contributed by atoms with van der Waals surface area (Å²) in [5.74, 6) is 1.07. The molecule has 1 unspecified atom stereocenters. The van der Waals surface area contributed by atoms with Gasteiger partial charge >= 0.3 is 12.0 Å². The van der Waals surface area contributed by atoms with Gasteiger partial charge in [0.15, 0.2) is 0 Å². The number of rotatable bonds is 7. The SMILES string of the molecule is C#CCC(NC(=O)NCCCN(C)C)C(=O)O. The smallest absolute Gasteiger partial charge is 0.327 e. The Labute approximate surface area is 101 Å². The number of nitrogens with zero attached hydrogens (tertiary/aromatic N) is 1. The molecule has 0 bridgehead atoms. The third-order valence-electron chi connectivity index (χ3n) is 1.99. The van der Waals surface area contributed by atoms with E-state index >= 15 is 0 Å². The van der Waals surface area contributed by atoms with Gasteiger partial charge in [-0.3, -0.25) is 0 Å². The summed E-state index contributed by atoms with van der Waals surface area (Å²) in [6, 6.07) is -1.54. The van der Waals surface area contributed by atoms with Crippen molar-refractivity contribution >= 4 is 12.0 Å². The molecule has 0 saturated heterocycles. The van der Waals surface area contributed by atoms with Gasteiger partial charge in [0, 0.05) is 13.0 Å². The molecule has 3 N–H and O–H groups in total. The number of aliphatic carboxylic acids is 1. The molecule has 0 aromatic rings. The lowest BCUT2D eigenvalue weighted by molar-refractivity contribution is -0.139. The maximum atomic E-state index is 11.3. The zero-order valence-corrected chi connectivity index (χ0v) is 10.2. The Bertz CT molecular complexity index is 297. The molecule has 0 aromatic carbocycles. The molecule has 0 rings (SSSR count). The van der Waals surface area contributed by atoms with E-state index in [4.69, 9.17) is 11.5 Å². The van der Waals surface area contributed by atoms with E-state index in [1.807, 2.05) is 19.0 Å². The highest BCUT2D eigenvalue weighted by atomic mass is 16.4. The van der Waals surface area contributed by atoms with Crippen LogP contribution < -0.4 is 10.6 Å². The second kappa shape index (κ2) is 8.42. The van der Waals surface area contributed by atoms with Gasteiger partial charge < -0.3 is 20.6 Å². The fourth-order valence-corrected chi connectivity index (χ4v) is 1.12. The summed E-state index contributed by atoms with van der Waals surface area (Å²) >= 11 is 0. The first kappa shape index (κ1) is 15.3. The number of carbonyl (C=O) groups is 2. The lowest BCUT2D eigenvalue weighted by Crippen LogP contribution is -2.46. The zero-order chi connectivity index (χ0) is 13.3. The minimum atomic E-state index is -1.13. The summed E-state index contributed by atoms with van der Waals surface area (Å²) in [6.07, 6.45) is 5.78. The number of hydrogen-bond acceptors (Lipinski definition) is 3. The highest BCUT2D eigenvalue weighted by Crippen LogP contribution is 1.90.